The molecule has 1 heterocycles. The van der Waals surface area contributed by atoms with Gasteiger partial charge in [-0.2, -0.15) is 0 Å². The second kappa shape index (κ2) is 11.0. The van der Waals surface area contributed by atoms with Gasteiger partial charge in [-0.3, -0.25) is 0 Å². The predicted octanol–water partition coefficient (Wildman–Crippen LogP) is 9.23. The molecule has 4 rings (SSSR count). The molecule has 0 bridgehead atoms. The summed E-state index contributed by atoms with van der Waals surface area (Å²) in [4.78, 5) is 5.57. The van der Waals surface area contributed by atoms with E-state index in [-0.39, 0.29) is 5.56 Å². The number of hydrogen-bond acceptors (Lipinski definition) is 2. The first-order valence-corrected chi connectivity index (χ1v) is 12.2. The van der Waals surface area contributed by atoms with Crippen molar-refractivity contribution in [1.29, 1.82) is 0 Å². The average molecular weight is 480 g/mol. The largest absolute Gasteiger partial charge is 0.249 e. The molecule has 4 aromatic rings. The molecule has 0 spiro atoms. The monoisotopic (exact) mass is 479 g/mol. The van der Waals surface area contributed by atoms with Crippen molar-refractivity contribution in [3.63, 3.8) is 0 Å². The molecule has 0 unspecified atom stereocenters. The van der Waals surface area contributed by atoms with Crippen LogP contribution in [0.15, 0.2) is 88.9 Å². The lowest BCUT2D eigenvalue weighted by Crippen LogP contribution is -1.95. The Morgan fingerprint density at radius 3 is 2.33 bits per heavy atom. The molecule has 168 valence electrons. The van der Waals surface area contributed by atoms with E-state index in [4.69, 9.17) is 11.6 Å². The molecule has 3 aromatic carbocycles. The van der Waals surface area contributed by atoms with Crippen LogP contribution in [0.3, 0.4) is 0 Å². The zero-order valence-electron chi connectivity index (χ0n) is 18.3. The minimum absolute atomic E-state index is 0.220. The predicted molar refractivity (Wildman–Crippen MR) is 134 cm³/mol. The molecule has 0 fully saturated rings. The summed E-state index contributed by atoms with van der Waals surface area (Å²) < 4.78 is 28.9. The number of pyridine rings is 1. The van der Waals surface area contributed by atoms with Gasteiger partial charge in [-0.05, 0) is 65.9 Å². The van der Waals surface area contributed by atoms with Crippen LogP contribution >= 0.6 is 23.4 Å². The van der Waals surface area contributed by atoms with E-state index in [0.717, 1.165) is 34.9 Å². The van der Waals surface area contributed by atoms with E-state index in [9.17, 15) is 8.78 Å². The Morgan fingerprint density at radius 1 is 0.848 bits per heavy atom. The van der Waals surface area contributed by atoms with Crippen molar-refractivity contribution in [2.75, 3.05) is 0 Å². The maximum atomic E-state index is 14.8. The first-order valence-electron chi connectivity index (χ1n) is 11.0. The van der Waals surface area contributed by atoms with Crippen molar-refractivity contribution in [2.45, 2.75) is 42.5 Å². The van der Waals surface area contributed by atoms with Gasteiger partial charge in [0.05, 0.1) is 0 Å². The van der Waals surface area contributed by atoms with Crippen LogP contribution in [-0.2, 0) is 6.42 Å². The Labute approximate surface area is 202 Å². The lowest BCUT2D eigenvalue weighted by Gasteiger charge is -2.13. The highest BCUT2D eigenvalue weighted by atomic mass is 35.5. The van der Waals surface area contributed by atoms with Crippen molar-refractivity contribution >= 4 is 23.4 Å². The van der Waals surface area contributed by atoms with Crippen LogP contribution in [0.4, 0.5) is 8.78 Å². The molecule has 0 aliphatic rings. The normalized spacial score (nSPS) is 11.0. The van der Waals surface area contributed by atoms with Gasteiger partial charge >= 0.3 is 0 Å². The number of aromatic nitrogens is 1. The van der Waals surface area contributed by atoms with Gasteiger partial charge in [-0.25, -0.2) is 13.8 Å². The van der Waals surface area contributed by atoms with Crippen LogP contribution < -0.4 is 0 Å². The van der Waals surface area contributed by atoms with E-state index < -0.39 is 11.6 Å². The van der Waals surface area contributed by atoms with Crippen molar-refractivity contribution in [2.24, 2.45) is 0 Å². The van der Waals surface area contributed by atoms with Crippen LogP contribution in [0.1, 0.15) is 31.7 Å². The fourth-order valence-electron chi connectivity index (χ4n) is 3.71. The molecule has 33 heavy (non-hydrogen) atoms. The topological polar surface area (TPSA) is 12.9 Å². The number of rotatable bonds is 8. The van der Waals surface area contributed by atoms with Crippen LogP contribution in [-0.4, -0.2) is 4.98 Å². The van der Waals surface area contributed by atoms with E-state index in [0.29, 0.717) is 15.6 Å². The molecule has 0 aliphatic heterocycles. The molecule has 1 aromatic heterocycles. The Balaban J connectivity index is 1.73. The number of halogens is 3. The third-order valence-electron chi connectivity index (χ3n) is 5.49. The first kappa shape index (κ1) is 23.5. The minimum atomic E-state index is -0.867. The number of hydrogen-bond donors (Lipinski definition) is 0. The van der Waals surface area contributed by atoms with Crippen molar-refractivity contribution in [1.82, 2.24) is 4.98 Å². The van der Waals surface area contributed by atoms with Gasteiger partial charge in [0.2, 0.25) is 0 Å². The summed E-state index contributed by atoms with van der Waals surface area (Å²) in [7, 11) is 0. The summed E-state index contributed by atoms with van der Waals surface area (Å²) in [5, 5.41) is 1.35. The second-order valence-corrected chi connectivity index (χ2v) is 9.41. The van der Waals surface area contributed by atoms with E-state index in [2.05, 4.69) is 24.0 Å². The van der Waals surface area contributed by atoms with Crippen molar-refractivity contribution in [3.05, 3.63) is 101 Å². The lowest BCUT2D eigenvalue weighted by molar-refractivity contribution is 0.511. The maximum Gasteiger partial charge on any atom is 0.166 e. The Hall–Kier alpha value is -2.69. The zero-order valence-corrected chi connectivity index (χ0v) is 19.9. The minimum Gasteiger partial charge on any atom is -0.249 e. The fraction of sp³-hybridized carbons (Fsp3) is 0.179. The smallest absolute Gasteiger partial charge is 0.166 e. The summed E-state index contributed by atoms with van der Waals surface area (Å²) in [6, 6.07) is 21.8. The van der Waals surface area contributed by atoms with Gasteiger partial charge in [0.25, 0.3) is 0 Å². The van der Waals surface area contributed by atoms with Gasteiger partial charge in [-0.1, -0.05) is 79.5 Å². The van der Waals surface area contributed by atoms with E-state index in [1.807, 2.05) is 42.5 Å². The van der Waals surface area contributed by atoms with Crippen LogP contribution in [0.25, 0.3) is 22.3 Å². The van der Waals surface area contributed by atoms with Crippen LogP contribution in [0.2, 0.25) is 5.02 Å². The highest BCUT2D eigenvalue weighted by molar-refractivity contribution is 7.99. The fourth-order valence-corrected chi connectivity index (χ4v) is 4.63. The molecular formula is C28H24ClF2NS. The summed E-state index contributed by atoms with van der Waals surface area (Å²) >= 11 is 7.43. The first-order chi connectivity index (χ1) is 16.0. The highest BCUT2D eigenvalue weighted by Gasteiger charge is 2.16. The van der Waals surface area contributed by atoms with Gasteiger partial charge in [0, 0.05) is 27.2 Å². The molecule has 0 amide bonds. The summed E-state index contributed by atoms with van der Waals surface area (Å²) in [6.07, 6.45) is 6.33. The van der Waals surface area contributed by atoms with E-state index >= 15 is 0 Å². The zero-order chi connectivity index (χ0) is 23.2. The second-order valence-electron chi connectivity index (χ2n) is 7.88. The van der Waals surface area contributed by atoms with Gasteiger partial charge < -0.3 is 0 Å². The van der Waals surface area contributed by atoms with Crippen molar-refractivity contribution in [3.8, 4) is 22.3 Å². The van der Waals surface area contributed by atoms with E-state index in [1.165, 1.54) is 36.2 Å². The number of aryl methyl sites for hydroxylation is 1. The van der Waals surface area contributed by atoms with Gasteiger partial charge in [0.1, 0.15) is 5.03 Å². The quantitative estimate of drug-likeness (QED) is 0.233. The molecule has 0 saturated heterocycles. The molecule has 0 atom stereocenters. The maximum absolute atomic E-state index is 14.8. The highest BCUT2D eigenvalue weighted by Crippen LogP contribution is 2.37. The SMILES string of the molecule is CCCCCc1ccc(-c2cnc(Sc3ccc(Cl)cc3)cc2-c2cccc(F)c2F)cc1. The van der Waals surface area contributed by atoms with Crippen LogP contribution in [0.5, 0.6) is 0 Å². The van der Waals surface area contributed by atoms with Gasteiger partial charge in [-0.15, -0.1) is 0 Å². The third kappa shape index (κ3) is 5.82. The molecule has 5 heteroatoms. The lowest BCUT2D eigenvalue weighted by atomic mass is 9.95. The van der Waals surface area contributed by atoms with Crippen LogP contribution in [0, 0.1) is 11.6 Å². The Bertz CT molecular complexity index is 1220. The average Bonchev–Trinajstić information content (AvgIpc) is 2.83. The number of benzene rings is 3. The molecule has 1 nitrogen and oxygen atoms in total. The molecular weight excluding hydrogens is 456 g/mol. The number of unbranched alkanes of at least 4 members (excludes halogenated alkanes) is 2. The van der Waals surface area contributed by atoms with Gasteiger partial charge in [0.15, 0.2) is 11.6 Å². The summed E-state index contributed by atoms with van der Waals surface area (Å²) in [6.45, 7) is 2.19. The molecule has 0 N–H and O–H groups in total. The summed E-state index contributed by atoms with van der Waals surface area (Å²) in [5.74, 6) is -1.72. The Morgan fingerprint density at radius 2 is 1.61 bits per heavy atom. The number of nitrogens with zero attached hydrogens (tertiary/aromatic N) is 1. The molecule has 0 radical (unpaired) electrons. The Kier molecular flexibility index (Phi) is 7.79. The van der Waals surface area contributed by atoms with E-state index in [1.54, 1.807) is 12.3 Å². The standard InChI is InChI=1S/C28H24ClF2NS/c1-2-3-4-6-19-9-11-20(12-10-19)25-18-32-27(33-22-15-13-21(29)14-16-22)17-24(25)23-7-5-8-26(30)28(23)31/h5,7-18H,2-4,6H2,1H3. The summed E-state index contributed by atoms with van der Waals surface area (Å²) in [5.41, 5.74) is 3.78. The molecule has 0 aliphatic carbocycles. The van der Waals surface area contributed by atoms with Crippen molar-refractivity contribution < 1.29 is 8.78 Å². The third-order valence-corrected chi connectivity index (χ3v) is 6.68. The molecule has 0 saturated carbocycles.